The summed E-state index contributed by atoms with van der Waals surface area (Å²) < 4.78 is 0. The van der Waals surface area contributed by atoms with Gasteiger partial charge in [-0.05, 0) is 38.9 Å². The van der Waals surface area contributed by atoms with E-state index in [9.17, 15) is 0 Å². The van der Waals surface area contributed by atoms with Crippen molar-refractivity contribution >= 4 is 5.84 Å². The zero-order valence-corrected chi connectivity index (χ0v) is 8.03. The average Bonchev–Trinajstić information content (AvgIpc) is 2.09. The highest BCUT2D eigenvalue weighted by atomic mass is 15.3. The number of nitrogens with two attached hydrogens (primary N) is 1. The van der Waals surface area contributed by atoms with Gasteiger partial charge in [-0.1, -0.05) is 5.22 Å². The Balaban J connectivity index is 2.26. The Bertz CT molecular complexity index is 193. The maximum atomic E-state index is 7.42. The molecule has 1 aliphatic rings. The number of hydrogen-bond acceptors (Lipinski definition) is 3. The maximum absolute atomic E-state index is 7.42. The number of hydrogen-bond donors (Lipinski definition) is 2. The van der Waals surface area contributed by atoms with Crippen molar-refractivity contribution in [3.8, 4) is 0 Å². The van der Waals surface area contributed by atoms with Crippen molar-refractivity contribution in [2.24, 2.45) is 22.1 Å². The summed E-state index contributed by atoms with van der Waals surface area (Å²) in [6.07, 6.45) is 3.02. The van der Waals surface area contributed by atoms with Gasteiger partial charge in [0.05, 0.1) is 0 Å². The topological polar surface area (TPSA) is 77.8 Å². The van der Waals surface area contributed by atoms with Gasteiger partial charge >= 0.3 is 0 Å². The van der Waals surface area contributed by atoms with Crippen LogP contribution in [0.4, 0.5) is 0 Å². The van der Waals surface area contributed by atoms with E-state index in [1.54, 1.807) is 0 Å². The monoisotopic (exact) mass is 183 g/mol. The first-order chi connectivity index (χ1) is 6.22. The minimum Gasteiger partial charge on any atom is -0.306 e. The fraction of sp³-hybridized carbons (Fsp3) is 0.875. The molecule has 0 aliphatic carbocycles. The Hall–Kier alpha value is -0.970. The molecule has 13 heavy (non-hydrogen) atoms. The molecule has 0 aromatic heterocycles. The molecule has 0 amide bonds. The second kappa shape index (κ2) is 4.91. The summed E-state index contributed by atoms with van der Waals surface area (Å²) in [5.41, 5.74) is 0. The average molecular weight is 183 g/mol. The van der Waals surface area contributed by atoms with E-state index in [-0.39, 0.29) is 0 Å². The van der Waals surface area contributed by atoms with Crippen LogP contribution in [-0.4, -0.2) is 30.9 Å². The molecule has 0 aromatic rings. The Morgan fingerprint density at radius 1 is 1.54 bits per heavy atom. The van der Waals surface area contributed by atoms with E-state index in [1.165, 1.54) is 0 Å². The molecule has 5 heteroatoms. The lowest BCUT2D eigenvalue weighted by Gasteiger charge is -2.28. The number of rotatable bonds is 2. The van der Waals surface area contributed by atoms with Crippen LogP contribution in [0.2, 0.25) is 0 Å². The van der Waals surface area contributed by atoms with Gasteiger partial charge in [0.2, 0.25) is 0 Å². The molecule has 1 saturated heterocycles. The van der Waals surface area contributed by atoms with Crippen molar-refractivity contribution < 1.29 is 0 Å². The van der Waals surface area contributed by atoms with Crippen LogP contribution in [0, 0.1) is 11.3 Å². The highest BCUT2D eigenvalue weighted by molar-refractivity contribution is 5.79. The fourth-order valence-corrected chi connectivity index (χ4v) is 1.65. The van der Waals surface area contributed by atoms with Gasteiger partial charge in [0.15, 0.2) is 0 Å². The number of nitrogens with one attached hydrogen (secondary N) is 1. The smallest absolute Gasteiger partial charge is 0.145 e. The fourth-order valence-electron chi connectivity index (χ4n) is 1.65. The highest BCUT2D eigenvalue weighted by Gasteiger charge is 2.17. The van der Waals surface area contributed by atoms with Crippen LogP contribution in [0.15, 0.2) is 10.3 Å². The van der Waals surface area contributed by atoms with E-state index < -0.39 is 0 Å². The molecule has 0 bridgehead atoms. The number of amidine groups is 1. The van der Waals surface area contributed by atoms with Crippen molar-refractivity contribution in [1.82, 2.24) is 4.90 Å². The minimum absolute atomic E-state index is 0.303. The lowest BCUT2D eigenvalue weighted by Crippen LogP contribution is -2.30. The summed E-state index contributed by atoms with van der Waals surface area (Å²) in [6.45, 7) is 2.25. The molecular formula is C8H17N5. The Morgan fingerprint density at radius 3 is 2.69 bits per heavy atom. The van der Waals surface area contributed by atoms with Crippen LogP contribution in [-0.2, 0) is 0 Å². The van der Waals surface area contributed by atoms with Crippen LogP contribution in [0.5, 0.6) is 0 Å². The minimum atomic E-state index is 0.303. The first-order valence-corrected chi connectivity index (χ1v) is 4.59. The summed E-state index contributed by atoms with van der Waals surface area (Å²) in [5, 5.41) is 14.0. The van der Waals surface area contributed by atoms with Crippen LogP contribution < -0.4 is 5.84 Å². The lowest BCUT2D eigenvalue weighted by molar-refractivity contribution is 0.223. The number of nitrogens with zero attached hydrogens (tertiary/aromatic N) is 3. The Kier molecular flexibility index (Phi) is 3.82. The van der Waals surface area contributed by atoms with Gasteiger partial charge in [-0.25, -0.2) is 0 Å². The lowest BCUT2D eigenvalue weighted by atomic mass is 9.93. The number of piperidine rings is 1. The van der Waals surface area contributed by atoms with Crippen LogP contribution in [0.25, 0.3) is 0 Å². The standard InChI is InChI=1S/C8H17N5/c1-13-4-2-7(3-5-13)6-8(9)11-12-10/h7H,2-6H2,1H3,(H3,9,10,11). The summed E-state index contributed by atoms with van der Waals surface area (Å²) in [6, 6.07) is 0. The SMILES string of the molecule is CN1CCC(CC(=N)N=NN)CC1. The molecule has 0 saturated carbocycles. The second-order valence-corrected chi connectivity index (χ2v) is 3.61. The molecule has 74 valence electrons. The van der Waals surface area contributed by atoms with Gasteiger partial charge in [-0.2, -0.15) is 0 Å². The normalized spacial score (nSPS) is 21.0. The van der Waals surface area contributed by atoms with Crippen LogP contribution >= 0.6 is 0 Å². The Labute approximate surface area is 78.5 Å². The third kappa shape index (κ3) is 3.50. The van der Waals surface area contributed by atoms with Crippen LogP contribution in [0.3, 0.4) is 0 Å². The predicted octanol–water partition coefficient (Wildman–Crippen LogP) is 1.02. The molecule has 5 nitrogen and oxygen atoms in total. The van der Waals surface area contributed by atoms with E-state index in [0.29, 0.717) is 18.2 Å². The maximum Gasteiger partial charge on any atom is 0.145 e. The highest BCUT2D eigenvalue weighted by Crippen LogP contribution is 2.19. The molecule has 0 unspecified atom stereocenters. The van der Waals surface area contributed by atoms with Gasteiger partial charge in [0.1, 0.15) is 5.84 Å². The quantitative estimate of drug-likeness (QED) is 0.220. The molecule has 1 aliphatic heterocycles. The molecule has 0 atom stereocenters. The van der Waals surface area contributed by atoms with E-state index in [1.807, 2.05) is 0 Å². The van der Waals surface area contributed by atoms with Crippen molar-refractivity contribution in [2.75, 3.05) is 20.1 Å². The van der Waals surface area contributed by atoms with E-state index >= 15 is 0 Å². The van der Waals surface area contributed by atoms with Gasteiger partial charge in [0.25, 0.3) is 0 Å². The molecule has 0 radical (unpaired) electrons. The number of likely N-dealkylation sites (tertiary alicyclic amines) is 1. The van der Waals surface area contributed by atoms with E-state index in [0.717, 1.165) is 25.9 Å². The summed E-state index contributed by atoms with van der Waals surface area (Å²) in [7, 11) is 2.13. The molecular weight excluding hydrogens is 166 g/mol. The van der Waals surface area contributed by atoms with Crippen molar-refractivity contribution in [1.29, 1.82) is 5.41 Å². The zero-order chi connectivity index (χ0) is 9.68. The van der Waals surface area contributed by atoms with Gasteiger partial charge < -0.3 is 10.7 Å². The van der Waals surface area contributed by atoms with Crippen molar-refractivity contribution in [3.63, 3.8) is 0 Å². The van der Waals surface area contributed by atoms with E-state index in [2.05, 4.69) is 22.3 Å². The van der Waals surface area contributed by atoms with Crippen molar-refractivity contribution in [3.05, 3.63) is 0 Å². The summed E-state index contributed by atoms with van der Waals surface area (Å²) in [4.78, 5) is 2.31. The zero-order valence-electron chi connectivity index (χ0n) is 8.03. The second-order valence-electron chi connectivity index (χ2n) is 3.61. The molecule has 3 N–H and O–H groups in total. The van der Waals surface area contributed by atoms with Gasteiger partial charge in [-0.3, -0.25) is 5.41 Å². The van der Waals surface area contributed by atoms with E-state index in [4.69, 9.17) is 11.3 Å². The third-order valence-corrected chi connectivity index (χ3v) is 2.50. The third-order valence-electron chi connectivity index (χ3n) is 2.50. The summed E-state index contributed by atoms with van der Waals surface area (Å²) >= 11 is 0. The molecule has 1 rings (SSSR count). The Morgan fingerprint density at radius 2 is 2.15 bits per heavy atom. The van der Waals surface area contributed by atoms with Gasteiger partial charge in [-0.15, -0.1) is 5.11 Å². The molecule has 1 fully saturated rings. The largest absolute Gasteiger partial charge is 0.306 e. The molecule has 0 aromatic carbocycles. The molecule has 0 spiro atoms. The van der Waals surface area contributed by atoms with Gasteiger partial charge in [0, 0.05) is 6.42 Å². The summed E-state index contributed by atoms with van der Waals surface area (Å²) in [5.74, 6) is 5.76. The first kappa shape index (κ1) is 10.1. The molecule has 1 heterocycles. The van der Waals surface area contributed by atoms with Crippen LogP contribution in [0.1, 0.15) is 19.3 Å². The predicted molar refractivity (Wildman–Crippen MR) is 51.6 cm³/mol. The van der Waals surface area contributed by atoms with Crippen molar-refractivity contribution in [2.45, 2.75) is 19.3 Å². The first-order valence-electron chi connectivity index (χ1n) is 4.59.